The number of carbonyl (C=O) groups excluding carboxylic acids is 1. The van der Waals surface area contributed by atoms with E-state index in [0.29, 0.717) is 19.6 Å². The molecule has 0 bridgehead atoms. The second kappa shape index (κ2) is 10.4. The highest BCUT2D eigenvalue weighted by Gasteiger charge is 2.32. The molecule has 1 heterocycles. The summed E-state index contributed by atoms with van der Waals surface area (Å²) >= 11 is 0. The number of carboxylic acids is 1. The van der Waals surface area contributed by atoms with Crippen LogP contribution in [0.2, 0.25) is 0 Å². The Morgan fingerprint density at radius 2 is 1.79 bits per heavy atom. The fourth-order valence-corrected chi connectivity index (χ4v) is 3.92. The van der Waals surface area contributed by atoms with Crippen molar-refractivity contribution in [1.82, 2.24) is 9.80 Å². The van der Waals surface area contributed by atoms with Crippen molar-refractivity contribution >= 4 is 17.6 Å². The van der Waals surface area contributed by atoms with E-state index in [-0.39, 0.29) is 53.8 Å². The summed E-state index contributed by atoms with van der Waals surface area (Å²) in [7, 11) is 0. The highest BCUT2D eigenvalue weighted by atomic mass is 19.1. The summed E-state index contributed by atoms with van der Waals surface area (Å²) in [5.74, 6) is -1.76. The number of aliphatic carboxylic acids is 1. The molecule has 33 heavy (non-hydrogen) atoms. The molecule has 3 rings (SSSR count). The molecule has 10 heteroatoms. The van der Waals surface area contributed by atoms with Gasteiger partial charge in [0.15, 0.2) is 12.4 Å². The molecule has 0 radical (unpaired) electrons. The largest absolute Gasteiger partial charge is 0.481 e. The van der Waals surface area contributed by atoms with Crippen LogP contribution >= 0.6 is 0 Å². The van der Waals surface area contributed by atoms with Crippen LogP contribution < -0.4 is 4.74 Å². The van der Waals surface area contributed by atoms with Crippen molar-refractivity contribution in [3.05, 3.63) is 69.5 Å². The molecule has 0 saturated carbocycles. The Morgan fingerprint density at radius 1 is 1.12 bits per heavy atom. The normalized spacial score (nSPS) is 18.7. The molecule has 2 atom stereocenters. The van der Waals surface area contributed by atoms with E-state index in [1.165, 1.54) is 24.3 Å². The lowest BCUT2D eigenvalue weighted by atomic mass is 10.1. The van der Waals surface area contributed by atoms with Crippen LogP contribution in [-0.2, 0) is 22.6 Å². The maximum Gasteiger partial charge on any atom is 0.311 e. The van der Waals surface area contributed by atoms with E-state index in [9.17, 15) is 24.1 Å². The lowest BCUT2D eigenvalue weighted by Gasteiger charge is -2.44. The Balaban J connectivity index is 1.61. The number of amides is 1. The molecule has 1 amide bonds. The quantitative estimate of drug-likeness (QED) is 0.477. The Bertz CT molecular complexity index is 1030. The lowest BCUT2D eigenvalue weighted by Crippen LogP contribution is -2.58. The van der Waals surface area contributed by atoms with Gasteiger partial charge in [-0.05, 0) is 43.2 Å². The van der Waals surface area contributed by atoms with E-state index in [2.05, 4.69) is 4.90 Å². The van der Waals surface area contributed by atoms with Crippen molar-refractivity contribution in [2.24, 2.45) is 0 Å². The number of halogens is 1. The molecule has 2 aromatic carbocycles. The summed E-state index contributed by atoms with van der Waals surface area (Å²) in [6.45, 7) is 5.28. The maximum atomic E-state index is 13.1. The summed E-state index contributed by atoms with van der Waals surface area (Å²) in [6.07, 6.45) is -0.350. The minimum Gasteiger partial charge on any atom is -0.481 e. The molecule has 2 aromatic rings. The third-order valence-electron chi connectivity index (χ3n) is 5.66. The van der Waals surface area contributed by atoms with Crippen molar-refractivity contribution in [3.63, 3.8) is 0 Å². The Labute approximate surface area is 190 Å². The molecule has 1 aliphatic rings. The molecule has 0 unspecified atom stereocenters. The molecule has 176 valence electrons. The van der Waals surface area contributed by atoms with Crippen LogP contribution in [-0.4, -0.2) is 63.5 Å². The first-order valence-electron chi connectivity index (χ1n) is 10.5. The van der Waals surface area contributed by atoms with Crippen molar-refractivity contribution in [2.45, 2.75) is 38.9 Å². The standard InChI is InChI=1S/C23H26FN3O6/c1-15-12-26(16(2)11-25(15)13-17-3-6-19(24)7-4-17)22(28)14-33-21-8-5-18(10-23(29)30)9-20(21)27(31)32/h3-9,15-16H,10-14H2,1-2H3,(H,29,30)/t15-,16+/m1/s1. The first kappa shape index (κ1) is 24.1. The number of piperazine rings is 1. The highest BCUT2D eigenvalue weighted by molar-refractivity contribution is 5.78. The topological polar surface area (TPSA) is 113 Å². The number of nitro benzene ring substituents is 1. The van der Waals surface area contributed by atoms with E-state index < -0.39 is 10.9 Å². The van der Waals surface area contributed by atoms with Gasteiger partial charge < -0.3 is 14.7 Å². The predicted molar refractivity (Wildman–Crippen MR) is 117 cm³/mol. The van der Waals surface area contributed by atoms with E-state index in [1.807, 2.05) is 13.8 Å². The van der Waals surface area contributed by atoms with E-state index in [0.717, 1.165) is 11.6 Å². The van der Waals surface area contributed by atoms with Crippen LogP contribution in [0.4, 0.5) is 10.1 Å². The Kier molecular flexibility index (Phi) is 7.59. The number of hydrogen-bond donors (Lipinski definition) is 1. The highest BCUT2D eigenvalue weighted by Crippen LogP contribution is 2.28. The summed E-state index contributed by atoms with van der Waals surface area (Å²) in [5.41, 5.74) is 0.872. The fourth-order valence-electron chi connectivity index (χ4n) is 3.92. The molecule has 9 nitrogen and oxygen atoms in total. The van der Waals surface area contributed by atoms with Crippen LogP contribution in [0.5, 0.6) is 5.75 Å². The van der Waals surface area contributed by atoms with Gasteiger partial charge >= 0.3 is 11.7 Å². The van der Waals surface area contributed by atoms with Crippen molar-refractivity contribution in [2.75, 3.05) is 19.7 Å². The summed E-state index contributed by atoms with van der Waals surface area (Å²) < 4.78 is 18.6. The van der Waals surface area contributed by atoms with E-state index in [1.54, 1.807) is 17.0 Å². The molecule has 1 aliphatic heterocycles. The van der Waals surface area contributed by atoms with Crippen molar-refractivity contribution in [1.29, 1.82) is 0 Å². The molecule has 0 spiro atoms. The number of carbonyl (C=O) groups is 2. The molecule has 1 N–H and O–H groups in total. The van der Waals surface area contributed by atoms with Gasteiger partial charge in [0.1, 0.15) is 5.82 Å². The number of hydrogen-bond acceptors (Lipinski definition) is 6. The number of ether oxygens (including phenoxy) is 1. The molecule has 1 saturated heterocycles. The van der Waals surface area contributed by atoms with Gasteiger partial charge in [0.2, 0.25) is 0 Å². The van der Waals surface area contributed by atoms with Gasteiger partial charge in [0, 0.05) is 37.8 Å². The SMILES string of the molecule is C[C@@H]1CN(C(=O)COc2ccc(CC(=O)O)cc2[N+](=O)[O-])[C@@H](C)CN1Cc1ccc(F)cc1. The van der Waals surface area contributed by atoms with Crippen LogP contribution in [0.1, 0.15) is 25.0 Å². The summed E-state index contributed by atoms with van der Waals surface area (Å²) in [5, 5.41) is 20.2. The van der Waals surface area contributed by atoms with Gasteiger partial charge in [-0.25, -0.2) is 4.39 Å². The second-order valence-electron chi connectivity index (χ2n) is 8.22. The molecule has 1 fully saturated rings. The average Bonchev–Trinajstić information content (AvgIpc) is 2.76. The lowest BCUT2D eigenvalue weighted by molar-refractivity contribution is -0.385. The molecular weight excluding hydrogens is 433 g/mol. The molecule has 0 aromatic heterocycles. The van der Waals surface area contributed by atoms with Crippen LogP contribution in [0, 0.1) is 15.9 Å². The van der Waals surface area contributed by atoms with Crippen molar-refractivity contribution < 1.29 is 28.7 Å². The van der Waals surface area contributed by atoms with E-state index >= 15 is 0 Å². The minimum absolute atomic E-state index is 0.0554. The van der Waals surface area contributed by atoms with Gasteiger partial charge in [0.05, 0.1) is 11.3 Å². The third-order valence-corrected chi connectivity index (χ3v) is 5.66. The summed E-state index contributed by atoms with van der Waals surface area (Å²) in [4.78, 5) is 38.3. The smallest absolute Gasteiger partial charge is 0.311 e. The van der Waals surface area contributed by atoms with Crippen molar-refractivity contribution in [3.8, 4) is 5.75 Å². The monoisotopic (exact) mass is 459 g/mol. The third kappa shape index (κ3) is 6.26. The first-order valence-corrected chi connectivity index (χ1v) is 10.5. The van der Waals surface area contributed by atoms with Crippen LogP contribution in [0.25, 0.3) is 0 Å². The second-order valence-corrected chi connectivity index (χ2v) is 8.22. The number of benzene rings is 2. The zero-order chi connectivity index (χ0) is 24.1. The number of nitrogens with zero attached hydrogens (tertiary/aromatic N) is 3. The van der Waals surface area contributed by atoms with Crippen LogP contribution in [0.3, 0.4) is 0 Å². The first-order chi connectivity index (χ1) is 15.6. The van der Waals surface area contributed by atoms with E-state index in [4.69, 9.17) is 9.84 Å². The minimum atomic E-state index is -1.10. The van der Waals surface area contributed by atoms with Crippen LogP contribution in [0.15, 0.2) is 42.5 Å². The van der Waals surface area contributed by atoms with Gasteiger partial charge in [-0.15, -0.1) is 0 Å². The Hall–Kier alpha value is -3.53. The van der Waals surface area contributed by atoms with Gasteiger partial charge in [-0.2, -0.15) is 0 Å². The van der Waals surface area contributed by atoms with Gasteiger partial charge in [-0.1, -0.05) is 18.2 Å². The van der Waals surface area contributed by atoms with Gasteiger partial charge in [0.25, 0.3) is 5.91 Å². The molecule has 0 aliphatic carbocycles. The number of carboxylic acid groups (broad SMARTS) is 1. The average molecular weight is 459 g/mol. The zero-order valence-electron chi connectivity index (χ0n) is 18.4. The van der Waals surface area contributed by atoms with Gasteiger partial charge in [-0.3, -0.25) is 24.6 Å². The summed E-state index contributed by atoms with van der Waals surface area (Å²) in [6, 6.07) is 10.2. The number of nitro groups is 1. The zero-order valence-corrected chi connectivity index (χ0v) is 18.4. The number of rotatable bonds is 8. The maximum absolute atomic E-state index is 13.1. The Morgan fingerprint density at radius 3 is 2.42 bits per heavy atom. The fraction of sp³-hybridized carbons (Fsp3) is 0.391. The molecular formula is C23H26FN3O6. The predicted octanol–water partition coefficient (Wildman–Crippen LogP) is 2.86.